The molecule has 2 rings (SSSR count). The zero-order valence-corrected chi connectivity index (χ0v) is 37.6. The van der Waals surface area contributed by atoms with Gasteiger partial charge in [0.05, 0.1) is 34.0 Å². The molecule has 0 bridgehead atoms. The number of methoxy groups -OCH3 is 2. The van der Waals surface area contributed by atoms with Crippen molar-refractivity contribution >= 4 is 30.1 Å². The standard InChI is InChI=1S/C52H80O8/c1-56-48-37-31-46(32-38-48)35-41-51(54)59-44-28-24-20-16-12-8-4-3-7-11-15-19-23-27-43-58-50(53)30-26-22-18-14-10-6-5-9-13-17-21-25-29-45-60-52(55)42-36-47-33-39-49(57-2)40-34-47/h31-42H,3-30,43-45H2,1-2H3. The summed E-state index contributed by atoms with van der Waals surface area (Å²) in [6, 6.07) is 15.1. The molecule has 8 heteroatoms. The zero-order valence-electron chi connectivity index (χ0n) is 37.6. The summed E-state index contributed by atoms with van der Waals surface area (Å²) in [5.74, 6) is 0.987. The predicted molar refractivity (Wildman–Crippen MR) is 246 cm³/mol. The Kier molecular flexibility index (Phi) is 32.9. The molecule has 0 atom stereocenters. The number of carbonyl (C=O) groups excluding carboxylic acids is 3. The van der Waals surface area contributed by atoms with Crippen LogP contribution >= 0.6 is 0 Å². The largest absolute Gasteiger partial charge is 0.497 e. The van der Waals surface area contributed by atoms with Gasteiger partial charge in [0.1, 0.15) is 11.5 Å². The highest BCUT2D eigenvalue weighted by Gasteiger charge is 2.04. The van der Waals surface area contributed by atoms with E-state index in [9.17, 15) is 14.4 Å². The van der Waals surface area contributed by atoms with Crippen molar-refractivity contribution in [2.24, 2.45) is 0 Å². The van der Waals surface area contributed by atoms with E-state index >= 15 is 0 Å². The third-order valence-electron chi connectivity index (χ3n) is 10.9. The summed E-state index contributed by atoms with van der Waals surface area (Å²) in [5.41, 5.74) is 1.88. The van der Waals surface area contributed by atoms with E-state index in [1.165, 1.54) is 134 Å². The lowest BCUT2D eigenvalue weighted by Gasteiger charge is -2.06. The number of carbonyl (C=O) groups is 3. The number of hydrogen-bond acceptors (Lipinski definition) is 8. The molecule has 2 aromatic carbocycles. The maximum Gasteiger partial charge on any atom is 0.330 e. The molecule has 0 saturated heterocycles. The lowest BCUT2D eigenvalue weighted by molar-refractivity contribution is -0.144. The molecule has 0 saturated carbocycles. The van der Waals surface area contributed by atoms with Gasteiger partial charge < -0.3 is 23.7 Å². The highest BCUT2D eigenvalue weighted by molar-refractivity contribution is 5.87. The summed E-state index contributed by atoms with van der Waals surface area (Å²) in [6.07, 6.45) is 39.6. The van der Waals surface area contributed by atoms with Crippen LogP contribution in [0.15, 0.2) is 60.7 Å². The molecule has 0 radical (unpaired) electrons. The predicted octanol–water partition coefficient (Wildman–Crippen LogP) is 14.0. The van der Waals surface area contributed by atoms with E-state index in [0.717, 1.165) is 74.0 Å². The van der Waals surface area contributed by atoms with Crippen molar-refractivity contribution in [3.63, 3.8) is 0 Å². The van der Waals surface area contributed by atoms with Crippen molar-refractivity contribution in [2.45, 2.75) is 180 Å². The molecule has 60 heavy (non-hydrogen) atoms. The van der Waals surface area contributed by atoms with Crippen molar-refractivity contribution in [1.29, 1.82) is 0 Å². The average molecular weight is 833 g/mol. The van der Waals surface area contributed by atoms with Crippen molar-refractivity contribution in [2.75, 3.05) is 34.0 Å². The van der Waals surface area contributed by atoms with Crippen molar-refractivity contribution in [1.82, 2.24) is 0 Å². The van der Waals surface area contributed by atoms with Crippen LogP contribution in [0.2, 0.25) is 0 Å². The molecular formula is C52H80O8. The first-order valence-corrected chi connectivity index (χ1v) is 23.6. The molecule has 336 valence electrons. The summed E-state index contributed by atoms with van der Waals surface area (Å²) in [5, 5.41) is 0. The van der Waals surface area contributed by atoms with Crippen molar-refractivity contribution in [3.8, 4) is 11.5 Å². The van der Waals surface area contributed by atoms with Gasteiger partial charge in [0.2, 0.25) is 0 Å². The Hall–Kier alpha value is -4.07. The van der Waals surface area contributed by atoms with Gasteiger partial charge in [0.25, 0.3) is 0 Å². The molecule has 0 aliphatic carbocycles. The number of hydrogen-bond donors (Lipinski definition) is 0. The van der Waals surface area contributed by atoms with Crippen LogP contribution in [0.5, 0.6) is 11.5 Å². The van der Waals surface area contributed by atoms with E-state index in [1.807, 2.05) is 48.5 Å². The normalized spacial score (nSPS) is 11.3. The summed E-state index contributed by atoms with van der Waals surface area (Å²) in [6.45, 7) is 1.55. The van der Waals surface area contributed by atoms with E-state index in [1.54, 1.807) is 26.4 Å². The van der Waals surface area contributed by atoms with Crippen LogP contribution in [0.1, 0.15) is 191 Å². The highest BCUT2D eigenvalue weighted by atomic mass is 16.5. The number of unbranched alkanes of at least 4 members (excludes halogenated alkanes) is 25. The van der Waals surface area contributed by atoms with Crippen LogP contribution in [0.25, 0.3) is 12.2 Å². The van der Waals surface area contributed by atoms with Gasteiger partial charge in [-0.15, -0.1) is 0 Å². The van der Waals surface area contributed by atoms with Crippen LogP contribution in [0.3, 0.4) is 0 Å². The smallest absolute Gasteiger partial charge is 0.330 e. The number of rotatable bonds is 39. The minimum absolute atomic E-state index is 0.0235. The zero-order chi connectivity index (χ0) is 43.0. The lowest BCUT2D eigenvalue weighted by Crippen LogP contribution is -2.05. The second kappa shape index (κ2) is 37.9. The van der Waals surface area contributed by atoms with E-state index < -0.39 is 0 Å². The molecule has 0 fully saturated rings. The van der Waals surface area contributed by atoms with Crippen molar-refractivity contribution < 1.29 is 38.1 Å². The van der Waals surface area contributed by atoms with Gasteiger partial charge in [-0.1, -0.05) is 172 Å². The topological polar surface area (TPSA) is 97.4 Å². The number of esters is 3. The molecule has 8 nitrogen and oxygen atoms in total. The first-order valence-electron chi connectivity index (χ1n) is 23.6. The van der Waals surface area contributed by atoms with Crippen LogP contribution in [0, 0.1) is 0 Å². The van der Waals surface area contributed by atoms with Gasteiger partial charge in [-0.3, -0.25) is 4.79 Å². The molecular weight excluding hydrogens is 753 g/mol. The van der Waals surface area contributed by atoms with Gasteiger partial charge in [-0.2, -0.15) is 0 Å². The minimum Gasteiger partial charge on any atom is -0.497 e. The van der Waals surface area contributed by atoms with Crippen molar-refractivity contribution in [3.05, 3.63) is 71.8 Å². The highest BCUT2D eigenvalue weighted by Crippen LogP contribution is 2.17. The van der Waals surface area contributed by atoms with E-state index in [0.29, 0.717) is 26.2 Å². The van der Waals surface area contributed by atoms with E-state index in [4.69, 9.17) is 23.7 Å². The van der Waals surface area contributed by atoms with Crippen LogP contribution in [-0.4, -0.2) is 51.9 Å². The summed E-state index contributed by atoms with van der Waals surface area (Å²) >= 11 is 0. The van der Waals surface area contributed by atoms with Gasteiger partial charge >= 0.3 is 17.9 Å². The van der Waals surface area contributed by atoms with Crippen LogP contribution in [0.4, 0.5) is 0 Å². The Morgan fingerprint density at radius 2 is 0.633 bits per heavy atom. The number of ether oxygens (including phenoxy) is 5. The fourth-order valence-corrected chi connectivity index (χ4v) is 7.10. The minimum atomic E-state index is -0.290. The Labute approximate surface area is 364 Å². The molecule has 2 aromatic rings. The SMILES string of the molecule is COc1ccc(C=CC(=O)OCCCCCCCCCCCCCCCCOC(=O)CCCCCCCCCCCCCCCOC(=O)C=Cc2ccc(OC)cc2)cc1. The average Bonchev–Trinajstić information content (AvgIpc) is 3.27. The lowest BCUT2D eigenvalue weighted by atomic mass is 10.0. The molecule has 0 unspecified atom stereocenters. The molecule has 0 aromatic heterocycles. The van der Waals surface area contributed by atoms with Gasteiger partial charge in [-0.05, 0) is 73.2 Å². The molecule has 0 aliphatic rings. The fourth-order valence-electron chi connectivity index (χ4n) is 7.10. The molecule has 0 amide bonds. The maximum absolute atomic E-state index is 12.1. The van der Waals surface area contributed by atoms with Gasteiger partial charge in [0.15, 0.2) is 0 Å². The second-order valence-electron chi connectivity index (χ2n) is 16.1. The Morgan fingerprint density at radius 3 is 0.933 bits per heavy atom. The molecule has 0 spiro atoms. The van der Waals surface area contributed by atoms with Gasteiger partial charge in [-0.25, -0.2) is 9.59 Å². The van der Waals surface area contributed by atoms with Gasteiger partial charge in [0, 0.05) is 18.6 Å². The third-order valence-corrected chi connectivity index (χ3v) is 10.9. The summed E-state index contributed by atoms with van der Waals surface area (Å²) in [7, 11) is 3.27. The monoisotopic (exact) mass is 833 g/mol. The molecule has 0 aliphatic heterocycles. The van der Waals surface area contributed by atoms with E-state index in [-0.39, 0.29) is 17.9 Å². The fraction of sp³-hybridized carbons (Fsp3) is 0.635. The third kappa shape index (κ3) is 30.9. The molecule has 0 N–H and O–H groups in total. The quantitative estimate of drug-likeness (QED) is 0.0284. The van der Waals surface area contributed by atoms with Crippen LogP contribution < -0.4 is 9.47 Å². The Bertz CT molecular complexity index is 1400. The maximum atomic E-state index is 12.1. The number of benzene rings is 2. The Balaban J connectivity index is 1.20. The summed E-state index contributed by atoms with van der Waals surface area (Å²) in [4.78, 5) is 35.9. The van der Waals surface area contributed by atoms with E-state index in [2.05, 4.69) is 0 Å². The second-order valence-corrected chi connectivity index (χ2v) is 16.1. The Morgan fingerprint density at radius 1 is 0.367 bits per heavy atom. The molecule has 0 heterocycles. The first kappa shape index (κ1) is 52.1. The first-order chi connectivity index (χ1) is 29.5. The summed E-state index contributed by atoms with van der Waals surface area (Å²) < 4.78 is 26.4. The van der Waals surface area contributed by atoms with Crippen LogP contribution in [-0.2, 0) is 28.6 Å².